The molecule has 0 aromatic carbocycles. The standard InChI is InChI=1S/C6H8N2O3/c7-3-6(11)1-4(2-6)8-5(9)10/h4,8,11H,1-2H2,(H,9,10). The van der Waals surface area contributed by atoms with Gasteiger partial charge in [0.2, 0.25) is 0 Å². The lowest BCUT2D eigenvalue weighted by Gasteiger charge is -2.37. The highest BCUT2D eigenvalue weighted by Gasteiger charge is 2.43. The molecule has 0 aromatic heterocycles. The Bertz CT molecular complexity index is 214. The van der Waals surface area contributed by atoms with Crippen LogP contribution in [-0.2, 0) is 0 Å². The fraction of sp³-hybridized carbons (Fsp3) is 0.667. The van der Waals surface area contributed by atoms with Crippen LogP contribution in [0.5, 0.6) is 0 Å². The number of hydrogen-bond acceptors (Lipinski definition) is 3. The van der Waals surface area contributed by atoms with Gasteiger partial charge in [-0.2, -0.15) is 5.26 Å². The molecule has 5 nitrogen and oxygen atoms in total. The second-order valence-corrected chi connectivity index (χ2v) is 2.70. The Morgan fingerprint density at radius 1 is 1.73 bits per heavy atom. The SMILES string of the molecule is N#CC1(O)CC(NC(=O)O)C1. The summed E-state index contributed by atoms with van der Waals surface area (Å²) >= 11 is 0. The summed E-state index contributed by atoms with van der Waals surface area (Å²) in [5, 5.41) is 27.8. The first kappa shape index (κ1) is 7.82. The van der Waals surface area contributed by atoms with Crippen molar-refractivity contribution in [3.63, 3.8) is 0 Å². The summed E-state index contributed by atoms with van der Waals surface area (Å²) in [4.78, 5) is 10.0. The van der Waals surface area contributed by atoms with Gasteiger partial charge < -0.3 is 15.5 Å². The lowest BCUT2D eigenvalue weighted by molar-refractivity contribution is -0.00329. The second kappa shape index (κ2) is 2.40. The van der Waals surface area contributed by atoms with Crippen LogP contribution >= 0.6 is 0 Å². The number of aliphatic hydroxyl groups is 1. The van der Waals surface area contributed by atoms with E-state index < -0.39 is 11.7 Å². The van der Waals surface area contributed by atoms with Crippen molar-refractivity contribution >= 4 is 6.09 Å². The van der Waals surface area contributed by atoms with E-state index in [4.69, 9.17) is 15.5 Å². The molecule has 1 rings (SSSR count). The minimum absolute atomic E-state index is 0.190. The third-order valence-corrected chi connectivity index (χ3v) is 1.70. The van der Waals surface area contributed by atoms with E-state index in [-0.39, 0.29) is 18.9 Å². The van der Waals surface area contributed by atoms with Gasteiger partial charge in [0.25, 0.3) is 0 Å². The molecule has 1 amide bonds. The molecule has 1 aliphatic rings. The van der Waals surface area contributed by atoms with E-state index in [1.165, 1.54) is 0 Å². The largest absolute Gasteiger partial charge is 0.465 e. The minimum atomic E-state index is -1.30. The maximum absolute atomic E-state index is 10.0. The van der Waals surface area contributed by atoms with E-state index in [0.717, 1.165) is 0 Å². The molecule has 3 N–H and O–H groups in total. The van der Waals surface area contributed by atoms with Gasteiger partial charge in [-0.1, -0.05) is 0 Å². The highest BCUT2D eigenvalue weighted by molar-refractivity contribution is 5.65. The van der Waals surface area contributed by atoms with Crippen molar-refractivity contribution in [2.24, 2.45) is 0 Å². The van der Waals surface area contributed by atoms with Gasteiger partial charge in [0.15, 0.2) is 5.60 Å². The summed E-state index contributed by atoms with van der Waals surface area (Å²) < 4.78 is 0. The molecular weight excluding hydrogens is 148 g/mol. The summed E-state index contributed by atoms with van der Waals surface area (Å²) in [5.41, 5.74) is -1.30. The van der Waals surface area contributed by atoms with Crippen LogP contribution in [0, 0.1) is 11.3 Å². The number of amides is 1. The van der Waals surface area contributed by atoms with Crippen LogP contribution < -0.4 is 5.32 Å². The van der Waals surface area contributed by atoms with Crippen molar-refractivity contribution in [1.82, 2.24) is 5.32 Å². The molecule has 1 saturated carbocycles. The first-order chi connectivity index (χ1) is 5.06. The molecule has 0 radical (unpaired) electrons. The number of nitriles is 1. The third kappa shape index (κ3) is 1.59. The number of nitrogens with zero attached hydrogens (tertiary/aromatic N) is 1. The summed E-state index contributed by atoms with van der Waals surface area (Å²) in [6, 6.07) is 1.44. The van der Waals surface area contributed by atoms with Gasteiger partial charge in [-0.05, 0) is 0 Å². The van der Waals surface area contributed by atoms with E-state index >= 15 is 0 Å². The van der Waals surface area contributed by atoms with Crippen molar-refractivity contribution in [2.75, 3.05) is 0 Å². The van der Waals surface area contributed by atoms with Gasteiger partial charge >= 0.3 is 6.09 Å². The van der Waals surface area contributed by atoms with E-state index in [1.54, 1.807) is 6.07 Å². The molecule has 0 saturated heterocycles. The summed E-state index contributed by atoms with van der Waals surface area (Å²) in [5.74, 6) is 0. The molecule has 0 bridgehead atoms. The lowest BCUT2D eigenvalue weighted by atomic mass is 9.77. The molecule has 0 heterocycles. The van der Waals surface area contributed by atoms with Crippen LogP contribution in [0.4, 0.5) is 4.79 Å². The smallest absolute Gasteiger partial charge is 0.404 e. The average Bonchev–Trinajstić information content (AvgIpc) is 1.83. The number of hydrogen-bond donors (Lipinski definition) is 3. The summed E-state index contributed by atoms with van der Waals surface area (Å²) in [6.07, 6.45) is -0.735. The predicted octanol–water partition coefficient (Wildman–Crippen LogP) is -0.329. The zero-order valence-corrected chi connectivity index (χ0v) is 5.74. The summed E-state index contributed by atoms with van der Waals surface area (Å²) in [7, 11) is 0. The van der Waals surface area contributed by atoms with Gasteiger partial charge in [-0.25, -0.2) is 4.79 Å². The Kier molecular flexibility index (Phi) is 1.71. The van der Waals surface area contributed by atoms with E-state index in [0.29, 0.717) is 0 Å². The fourth-order valence-corrected chi connectivity index (χ4v) is 1.12. The Balaban J connectivity index is 2.31. The molecule has 0 unspecified atom stereocenters. The van der Waals surface area contributed by atoms with Crippen molar-refractivity contribution in [3.05, 3.63) is 0 Å². The molecular formula is C6H8N2O3. The quantitative estimate of drug-likeness (QED) is 0.453. The van der Waals surface area contributed by atoms with Crippen molar-refractivity contribution < 1.29 is 15.0 Å². The first-order valence-electron chi connectivity index (χ1n) is 3.19. The lowest BCUT2D eigenvalue weighted by Crippen LogP contribution is -2.54. The Morgan fingerprint density at radius 2 is 2.27 bits per heavy atom. The molecule has 1 aliphatic carbocycles. The minimum Gasteiger partial charge on any atom is -0.465 e. The average molecular weight is 156 g/mol. The first-order valence-corrected chi connectivity index (χ1v) is 3.19. The fourth-order valence-electron chi connectivity index (χ4n) is 1.12. The van der Waals surface area contributed by atoms with Crippen LogP contribution in [-0.4, -0.2) is 27.9 Å². The van der Waals surface area contributed by atoms with Crippen molar-refractivity contribution in [1.29, 1.82) is 5.26 Å². The highest BCUT2D eigenvalue weighted by Crippen LogP contribution is 2.31. The van der Waals surface area contributed by atoms with E-state index in [2.05, 4.69) is 5.32 Å². The van der Waals surface area contributed by atoms with E-state index in [9.17, 15) is 4.79 Å². The number of carbonyl (C=O) groups is 1. The zero-order valence-electron chi connectivity index (χ0n) is 5.74. The van der Waals surface area contributed by atoms with Gasteiger partial charge in [-0.3, -0.25) is 0 Å². The second-order valence-electron chi connectivity index (χ2n) is 2.70. The number of nitrogens with one attached hydrogen (secondary N) is 1. The van der Waals surface area contributed by atoms with Gasteiger partial charge in [0.1, 0.15) is 0 Å². The maximum Gasteiger partial charge on any atom is 0.404 e. The van der Waals surface area contributed by atoms with Gasteiger partial charge in [0, 0.05) is 18.9 Å². The Labute approximate surface area is 63.3 Å². The topological polar surface area (TPSA) is 93.4 Å². The van der Waals surface area contributed by atoms with Gasteiger partial charge in [-0.15, -0.1) is 0 Å². The van der Waals surface area contributed by atoms with Crippen LogP contribution in [0.3, 0.4) is 0 Å². The molecule has 0 spiro atoms. The van der Waals surface area contributed by atoms with Crippen LogP contribution in [0.2, 0.25) is 0 Å². The van der Waals surface area contributed by atoms with Crippen molar-refractivity contribution in [2.45, 2.75) is 24.5 Å². The van der Waals surface area contributed by atoms with Crippen LogP contribution in [0.25, 0.3) is 0 Å². The molecule has 5 heteroatoms. The third-order valence-electron chi connectivity index (χ3n) is 1.70. The molecule has 0 atom stereocenters. The Hall–Kier alpha value is -1.28. The van der Waals surface area contributed by atoms with E-state index in [1.807, 2.05) is 0 Å². The number of carboxylic acid groups (broad SMARTS) is 1. The van der Waals surface area contributed by atoms with Crippen LogP contribution in [0.1, 0.15) is 12.8 Å². The molecule has 0 aromatic rings. The van der Waals surface area contributed by atoms with Crippen molar-refractivity contribution in [3.8, 4) is 6.07 Å². The number of rotatable bonds is 1. The highest BCUT2D eigenvalue weighted by atomic mass is 16.4. The molecule has 0 aliphatic heterocycles. The Morgan fingerprint density at radius 3 is 2.64 bits per heavy atom. The maximum atomic E-state index is 10.0. The monoisotopic (exact) mass is 156 g/mol. The molecule has 1 fully saturated rings. The zero-order chi connectivity index (χ0) is 8.48. The summed E-state index contributed by atoms with van der Waals surface area (Å²) in [6.45, 7) is 0. The predicted molar refractivity (Wildman–Crippen MR) is 34.7 cm³/mol. The molecule has 11 heavy (non-hydrogen) atoms. The molecule has 60 valence electrons. The van der Waals surface area contributed by atoms with Crippen LogP contribution in [0.15, 0.2) is 0 Å². The normalized spacial score (nSPS) is 35.1. The van der Waals surface area contributed by atoms with Gasteiger partial charge in [0.05, 0.1) is 6.07 Å².